The quantitative estimate of drug-likeness (QED) is 0.792. The predicted molar refractivity (Wildman–Crippen MR) is 90.8 cm³/mol. The first-order chi connectivity index (χ1) is 11.7. The van der Waals surface area contributed by atoms with Crippen molar-refractivity contribution in [3.8, 4) is 10.6 Å². The molecule has 3 aromatic heterocycles. The fourth-order valence-electron chi connectivity index (χ4n) is 3.05. The highest BCUT2D eigenvalue weighted by Gasteiger charge is 2.27. The van der Waals surface area contributed by atoms with Crippen LogP contribution in [0.1, 0.15) is 35.1 Å². The molecule has 3 aromatic rings. The number of hydrogen-bond donors (Lipinski definition) is 1. The summed E-state index contributed by atoms with van der Waals surface area (Å²) in [4.78, 5) is 26.6. The van der Waals surface area contributed by atoms with Crippen LogP contribution in [-0.2, 0) is 7.05 Å². The van der Waals surface area contributed by atoms with E-state index in [1.165, 1.54) is 11.3 Å². The molecule has 1 aliphatic heterocycles. The Balaban J connectivity index is 1.42. The van der Waals surface area contributed by atoms with Crippen LogP contribution in [0, 0.1) is 0 Å². The predicted octanol–water partition coefficient (Wildman–Crippen LogP) is 2.29. The number of thiazole rings is 1. The number of hydrogen-bond acceptors (Lipinski definition) is 5. The molecule has 1 amide bonds. The van der Waals surface area contributed by atoms with Crippen LogP contribution in [0.5, 0.6) is 0 Å². The number of carbonyl (C=O) groups is 1. The summed E-state index contributed by atoms with van der Waals surface area (Å²) in [6.45, 7) is 1.48. The third kappa shape index (κ3) is 2.84. The molecule has 0 atom stereocenters. The summed E-state index contributed by atoms with van der Waals surface area (Å²) < 4.78 is 1.73. The molecule has 4 heterocycles. The first-order valence-electron chi connectivity index (χ1n) is 7.94. The van der Waals surface area contributed by atoms with Gasteiger partial charge in [-0.15, -0.1) is 11.3 Å². The lowest BCUT2D eigenvalue weighted by atomic mass is 9.96. The third-order valence-electron chi connectivity index (χ3n) is 4.36. The van der Waals surface area contributed by atoms with Crippen LogP contribution in [0.2, 0.25) is 0 Å². The molecule has 1 aliphatic rings. The van der Waals surface area contributed by atoms with Crippen LogP contribution in [0.3, 0.4) is 0 Å². The van der Waals surface area contributed by atoms with E-state index < -0.39 is 0 Å². The first-order valence-corrected chi connectivity index (χ1v) is 8.82. The van der Waals surface area contributed by atoms with E-state index in [9.17, 15) is 4.79 Å². The summed E-state index contributed by atoms with van der Waals surface area (Å²) in [5.41, 5.74) is 1.47. The van der Waals surface area contributed by atoms with Gasteiger partial charge in [-0.25, -0.2) is 9.97 Å². The van der Waals surface area contributed by atoms with Gasteiger partial charge in [-0.1, -0.05) is 0 Å². The summed E-state index contributed by atoms with van der Waals surface area (Å²) in [5, 5.41) is 6.82. The number of aryl methyl sites for hydroxylation is 1. The third-order valence-corrected chi connectivity index (χ3v) is 5.25. The van der Waals surface area contributed by atoms with Gasteiger partial charge in [0.25, 0.3) is 5.91 Å². The minimum absolute atomic E-state index is 0.0132. The van der Waals surface area contributed by atoms with Crippen molar-refractivity contribution in [3.05, 3.63) is 41.7 Å². The summed E-state index contributed by atoms with van der Waals surface area (Å²) in [5.74, 6) is 1.44. The van der Waals surface area contributed by atoms with Crippen molar-refractivity contribution in [2.45, 2.75) is 18.8 Å². The molecule has 8 heteroatoms. The molecule has 0 bridgehead atoms. The Labute approximate surface area is 143 Å². The zero-order valence-corrected chi connectivity index (χ0v) is 14.2. The summed E-state index contributed by atoms with van der Waals surface area (Å²) >= 11 is 1.48. The maximum absolute atomic E-state index is 12.7. The van der Waals surface area contributed by atoms with Crippen LogP contribution in [0.15, 0.2) is 30.2 Å². The first kappa shape index (κ1) is 15.1. The van der Waals surface area contributed by atoms with E-state index in [0.717, 1.165) is 42.3 Å². The van der Waals surface area contributed by atoms with Crippen LogP contribution >= 0.6 is 11.3 Å². The van der Waals surface area contributed by atoms with Crippen molar-refractivity contribution in [2.75, 3.05) is 13.1 Å². The maximum atomic E-state index is 12.7. The van der Waals surface area contributed by atoms with Gasteiger partial charge in [-0.2, -0.15) is 5.10 Å². The van der Waals surface area contributed by atoms with Gasteiger partial charge in [0, 0.05) is 55.6 Å². The number of likely N-dealkylation sites (tertiary alicyclic amines) is 1. The molecule has 0 spiro atoms. The fourth-order valence-corrected chi connectivity index (χ4v) is 3.82. The number of nitrogens with one attached hydrogen (secondary N) is 1. The Bertz CT molecular complexity index is 829. The molecule has 0 radical (unpaired) electrons. The van der Waals surface area contributed by atoms with Gasteiger partial charge in [-0.05, 0) is 12.8 Å². The van der Waals surface area contributed by atoms with Crippen molar-refractivity contribution in [1.29, 1.82) is 0 Å². The minimum atomic E-state index is 0.0132. The molecule has 124 valence electrons. The van der Waals surface area contributed by atoms with Gasteiger partial charge in [0.05, 0.1) is 6.20 Å². The average molecular weight is 342 g/mol. The molecule has 1 fully saturated rings. The Morgan fingerprint density at radius 1 is 1.38 bits per heavy atom. The van der Waals surface area contributed by atoms with Crippen molar-refractivity contribution < 1.29 is 4.79 Å². The van der Waals surface area contributed by atoms with Gasteiger partial charge in [0.2, 0.25) is 0 Å². The molecular formula is C16H18N6OS. The zero-order chi connectivity index (χ0) is 16.5. The van der Waals surface area contributed by atoms with Gasteiger partial charge in [0.1, 0.15) is 16.5 Å². The van der Waals surface area contributed by atoms with E-state index >= 15 is 0 Å². The van der Waals surface area contributed by atoms with Crippen molar-refractivity contribution in [1.82, 2.24) is 29.6 Å². The van der Waals surface area contributed by atoms with Crippen molar-refractivity contribution in [3.63, 3.8) is 0 Å². The molecule has 24 heavy (non-hydrogen) atoms. The van der Waals surface area contributed by atoms with Crippen LogP contribution < -0.4 is 0 Å². The topological polar surface area (TPSA) is 79.7 Å². The smallest absolute Gasteiger partial charge is 0.273 e. The fraction of sp³-hybridized carbons (Fsp3) is 0.375. The van der Waals surface area contributed by atoms with Crippen molar-refractivity contribution in [2.24, 2.45) is 7.05 Å². The number of piperidine rings is 1. The summed E-state index contributed by atoms with van der Waals surface area (Å²) in [6, 6.07) is 0. The largest absolute Gasteiger partial charge is 0.348 e. The van der Waals surface area contributed by atoms with Crippen LogP contribution in [0.4, 0.5) is 0 Å². The molecule has 1 N–H and O–H groups in total. The Kier molecular flexibility index (Phi) is 3.89. The van der Waals surface area contributed by atoms with E-state index in [0.29, 0.717) is 11.6 Å². The standard InChI is InChI=1S/C16H18N6OS/c1-21-9-12(8-19-21)15-20-13(10-24-15)16(23)22-6-2-11(3-7-22)14-17-4-5-18-14/h4-5,8-11H,2-3,6-7H2,1H3,(H,17,18). The average Bonchev–Trinajstić information content (AvgIpc) is 3.35. The lowest BCUT2D eigenvalue weighted by molar-refractivity contribution is 0.0706. The molecule has 7 nitrogen and oxygen atoms in total. The second kappa shape index (κ2) is 6.20. The van der Waals surface area contributed by atoms with Crippen LogP contribution in [-0.4, -0.2) is 48.6 Å². The molecule has 0 aromatic carbocycles. The number of aromatic nitrogens is 5. The van der Waals surface area contributed by atoms with Gasteiger partial charge in [0.15, 0.2) is 0 Å². The number of carbonyl (C=O) groups excluding carboxylic acids is 1. The Morgan fingerprint density at radius 2 is 2.21 bits per heavy atom. The zero-order valence-electron chi connectivity index (χ0n) is 13.3. The lowest BCUT2D eigenvalue weighted by Gasteiger charge is -2.30. The SMILES string of the molecule is Cn1cc(-c2nc(C(=O)N3CCC(c4ncc[nH]4)CC3)cs2)cn1. The van der Waals surface area contributed by atoms with E-state index in [1.807, 2.05) is 29.7 Å². The number of nitrogens with zero attached hydrogens (tertiary/aromatic N) is 5. The van der Waals surface area contributed by atoms with E-state index in [2.05, 4.69) is 20.1 Å². The van der Waals surface area contributed by atoms with Gasteiger partial charge < -0.3 is 9.88 Å². The number of aromatic amines is 1. The summed E-state index contributed by atoms with van der Waals surface area (Å²) in [7, 11) is 1.87. The molecule has 0 unspecified atom stereocenters. The molecule has 4 rings (SSSR count). The van der Waals surface area contributed by atoms with Crippen molar-refractivity contribution >= 4 is 17.2 Å². The highest BCUT2D eigenvalue weighted by molar-refractivity contribution is 7.13. The van der Waals surface area contributed by atoms with E-state index in [4.69, 9.17) is 0 Å². The minimum Gasteiger partial charge on any atom is -0.348 e. The number of imidazole rings is 1. The van der Waals surface area contributed by atoms with E-state index in [-0.39, 0.29) is 5.91 Å². The van der Waals surface area contributed by atoms with Crippen LogP contribution in [0.25, 0.3) is 10.6 Å². The van der Waals surface area contributed by atoms with E-state index in [1.54, 1.807) is 17.1 Å². The normalized spacial score (nSPS) is 15.8. The molecular weight excluding hydrogens is 324 g/mol. The highest BCUT2D eigenvalue weighted by Crippen LogP contribution is 2.28. The molecule has 0 aliphatic carbocycles. The number of amides is 1. The number of H-pyrrole nitrogens is 1. The highest BCUT2D eigenvalue weighted by atomic mass is 32.1. The maximum Gasteiger partial charge on any atom is 0.273 e. The van der Waals surface area contributed by atoms with Gasteiger partial charge in [-0.3, -0.25) is 9.48 Å². The molecule has 1 saturated heterocycles. The summed E-state index contributed by atoms with van der Waals surface area (Å²) in [6.07, 6.45) is 9.16. The lowest BCUT2D eigenvalue weighted by Crippen LogP contribution is -2.38. The second-order valence-corrected chi connectivity index (χ2v) is 6.84. The van der Waals surface area contributed by atoms with Gasteiger partial charge >= 0.3 is 0 Å². The Hall–Kier alpha value is -2.48. The molecule has 0 saturated carbocycles. The second-order valence-electron chi connectivity index (χ2n) is 5.98. The monoisotopic (exact) mass is 342 g/mol. The Morgan fingerprint density at radius 3 is 2.88 bits per heavy atom. The number of rotatable bonds is 3.